The van der Waals surface area contributed by atoms with Gasteiger partial charge in [0.25, 0.3) is 0 Å². The highest BCUT2D eigenvalue weighted by molar-refractivity contribution is 7.89. The molecule has 0 aromatic heterocycles. The number of benzene rings is 3. The lowest BCUT2D eigenvalue weighted by molar-refractivity contribution is -0.121. The summed E-state index contributed by atoms with van der Waals surface area (Å²) in [7, 11) is -4.01. The number of rotatable bonds is 8. The number of carbonyl (C=O) groups excluding carboxylic acids is 1. The minimum atomic E-state index is -4.01. The Hall–Kier alpha value is -2.09. The molecule has 0 spiro atoms. The highest BCUT2D eigenvalue weighted by Gasteiger charge is 2.27. The second kappa shape index (κ2) is 10.7. The molecule has 0 saturated carbocycles. The van der Waals surface area contributed by atoms with Crippen LogP contribution in [0, 0.1) is 6.92 Å². The Morgan fingerprint density at radius 3 is 2.28 bits per heavy atom. The first-order chi connectivity index (χ1) is 15.1. The predicted molar refractivity (Wildman–Crippen MR) is 129 cm³/mol. The van der Waals surface area contributed by atoms with Gasteiger partial charge in [0.15, 0.2) is 0 Å². The molecule has 5 nitrogen and oxygen atoms in total. The second-order valence-corrected chi connectivity index (χ2v) is 10.4. The van der Waals surface area contributed by atoms with E-state index in [1.165, 1.54) is 30.3 Å². The van der Waals surface area contributed by atoms with Crippen LogP contribution >= 0.6 is 34.8 Å². The smallest absolute Gasteiger partial charge is 0.243 e. The summed E-state index contributed by atoms with van der Waals surface area (Å²) in [6, 6.07) is 18.3. The number of amides is 1. The van der Waals surface area contributed by atoms with Crippen molar-refractivity contribution in [2.75, 3.05) is 6.54 Å². The Morgan fingerprint density at radius 1 is 0.938 bits per heavy atom. The van der Waals surface area contributed by atoms with Gasteiger partial charge in [0.1, 0.15) is 0 Å². The fraction of sp³-hybridized carbons (Fsp3) is 0.174. The number of nitrogens with zero attached hydrogens (tertiary/aromatic N) is 1. The SMILES string of the molecule is Cc1cccc(CNC(=O)CN(Cc2ccc(Cl)cc2Cl)S(=O)(=O)c2ccc(Cl)cc2)c1. The zero-order valence-corrected chi connectivity index (χ0v) is 20.3. The fourth-order valence-electron chi connectivity index (χ4n) is 3.06. The molecule has 0 radical (unpaired) electrons. The number of hydrogen-bond acceptors (Lipinski definition) is 3. The molecule has 0 atom stereocenters. The molecule has 3 aromatic rings. The summed E-state index contributed by atoms with van der Waals surface area (Å²) in [5, 5.41) is 3.93. The van der Waals surface area contributed by atoms with Crippen LogP contribution in [0.25, 0.3) is 0 Å². The zero-order chi connectivity index (χ0) is 23.3. The van der Waals surface area contributed by atoms with Gasteiger partial charge in [0, 0.05) is 28.2 Å². The van der Waals surface area contributed by atoms with Gasteiger partial charge in [-0.25, -0.2) is 8.42 Å². The van der Waals surface area contributed by atoms with E-state index in [0.29, 0.717) is 20.6 Å². The summed E-state index contributed by atoms with van der Waals surface area (Å²) >= 11 is 18.1. The number of aryl methyl sites for hydroxylation is 1. The second-order valence-electron chi connectivity index (χ2n) is 7.23. The minimum Gasteiger partial charge on any atom is -0.351 e. The molecule has 32 heavy (non-hydrogen) atoms. The van der Waals surface area contributed by atoms with E-state index < -0.39 is 15.9 Å². The van der Waals surface area contributed by atoms with Gasteiger partial charge in [-0.3, -0.25) is 4.79 Å². The Balaban J connectivity index is 1.83. The summed E-state index contributed by atoms with van der Waals surface area (Å²) in [4.78, 5) is 12.7. The Bertz CT molecular complexity index is 1220. The van der Waals surface area contributed by atoms with Crippen molar-refractivity contribution in [2.45, 2.75) is 24.9 Å². The molecule has 0 fully saturated rings. The average molecular weight is 512 g/mol. The predicted octanol–water partition coefficient (Wildman–Crippen LogP) is 5.46. The monoisotopic (exact) mass is 510 g/mol. The van der Waals surface area contributed by atoms with E-state index in [1.807, 2.05) is 31.2 Å². The van der Waals surface area contributed by atoms with Gasteiger partial charge >= 0.3 is 0 Å². The molecule has 0 aliphatic heterocycles. The first-order valence-corrected chi connectivity index (χ1v) is 12.2. The third-order valence-electron chi connectivity index (χ3n) is 4.71. The van der Waals surface area contributed by atoms with Crippen molar-refractivity contribution in [2.24, 2.45) is 0 Å². The first-order valence-electron chi connectivity index (χ1n) is 9.67. The molecule has 1 N–H and O–H groups in total. The fourth-order valence-corrected chi connectivity index (χ4v) is 5.03. The van der Waals surface area contributed by atoms with Crippen molar-refractivity contribution in [3.63, 3.8) is 0 Å². The molecule has 0 heterocycles. The van der Waals surface area contributed by atoms with Gasteiger partial charge in [-0.1, -0.05) is 70.7 Å². The van der Waals surface area contributed by atoms with Crippen LogP contribution in [0.15, 0.2) is 71.6 Å². The van der Waals surface area contributed by atoms with Crippen LogP contribution in [0.2, 0.25) is 15.1 Å². The molecule has 0 aliphatic carbocycles. The molecule has 3 rings (SSSR count). The highest BCUT2D eigenvalue weighted by atomic mass is 35.5. The maximum atomic E-state index is 13.3. The summed E-state index contributed by atoms with van der Waals surface area (Å²) in [5.74, 6) is -0.436. The van der Waals surface area contributed by atoms with E-state index in [1.54, 1.807) is 12.1 Å². The van der Waals surface area contributed by atoms with Crippen molar-refractivity contribution < 1.29 is 13.2 Å². The third kappa shape index (κ3) is 6.47. The molecular formula is C23H21Cl3N2O3S. The zero-order valence-electron chi connectivity index (χ0n) is 17.2. The average Bonchev–Trinajstić information content (AvgIpc) is 2.74. The summed E-state index contributed by atoms with van der Waals surface area (Å²) in [5.41, 5.74) is 2.52. The Morgan fingerprint density at radius 2 is 1.62 bits per heavy atom. The topological polar surface area (TPSA) is 66.5 Å². The van der Waals surface area contributed by atoms with E-state index in [9.17, 15) is 13.2 Å². The molecule has 1 amide bonds. The number of hydrogen-bond donors (Lipinski definition) is 1. The lowest BCUT2D eigenvalue weighted by Crippen LogP contribution is -2.40. The van der Waals surface area contributed by atoms with Crippen molar-refractivity contribution in [3.8, 4) is 0 Å². The van der Waals surface area contributed by atoms with E-state index in [4.69, 9.17) is 34.8 Å². The summed E-state index contributed by atoms with van der Waals surface area (Å²) in [6.45, 7) is 1.77. The molecule has 0 saturated heterocycles. The summed E-state index contributed by atoms with van der Waals surface area (Å²) < 4.78 is 27.7. The van der Waals surface area contributed by atoms with Gasteiger partial charge in [-0.2, -0.15) is 4.31 Å². The van der Waals surface area contributed by atoms with E-state index >= 15 is 0 Å². The summed E-state index contributed by atoms with van der Waals surface area (Å²) in [6.07, 6.45) is 0. The molecule has 0 aliphatic rings. The van der Waals surface area contributed by atoms with Crippen LogP contribution in [0.3, 0.4) is 0 Å². The molecule has 3 aromatic carbocycles. The maximum absolute atomic E-state index is 13.3. The van der Waals surface area contributed by atoms with Gasteiger partial charge in [0.05, 0.1) is 11.4 Å². The highest BCUT2D eigenvalue weighted by Crippen LogP contribution is 2.25. The van der Waals surface area contributed by atoms with Crippen LogP contribution < -0.4 is 5.32 Å². The molecular weight excluding hydrogens is 491 g/mol. The molecule has 9 heteroatoms. The van der Waals surface area contributed by atoms with E-state index in [-0.39, 0.29) is 24.5 Å². The largest absolute Gasteiger partial charge is 0.351 e. The number of sulfonamides is 1. The normalized spacial score (nSPS) is 11.5. The van der Waals surface area contributed by atoms with Crippen LogP contribution in [0.1, 0.15) is 16.7 Å². The molecule has 0 bridgehead atoms. The lowest BCUT2D eigenvalue weighted by Gasteiger charge is -2.22. The van der Waals surface area contributed by atoms with Crippen LogP contribution in [-0.2, 0) is 27.9 Å². The third-order valence-corrected chi connectivity index (χ3v) is 7.35. The molecule has 168 valence electrons. The van der Waals surface area contributed by atoms with Gasteiger partial charge in [-0.15, -0.1) is 0 Å². The quantitative estimate of drug-likeness (QED) is 0.436. The first kappa shape index (κ1) is 24.6. The van der Waals surface area contributed by atoms with Gasteiger partial charge in [0.2, 0.25) is 15.9 Å². The van der Waals surface area contributed by atoms with Gasteiger partial charge < -0.3 is 5.32 Å². The standard InChI is InChI=1S/C23H21Cl3N2O3S/c1-16-3-2-4-17(11-16)13-27-23(29)15-28(14-18-5-6-20(25)12-22(18)26)32(30,31)21-9-7-19(24)8-10-21/h2-12H,13-15H2,1H3,(H,27,29). The van der Waals surface area contributed by atoms with Crippen molar-refractivity contribution >= 4 is 50.7 Å². The van der Waals surface area contributed by atoms with Crippen LogP contribution in [0.4, 0.5) is 0 Å². The van der Waals surface area contributed by atoms with Gasteiger partial charge in [-0.05, 0) is 54.4 Å². The number of nitrogens with one attached hydrogen (secondary N) is 1. The van der Waals surface area contributed by atoms with Crippen molar-refractivity contribution in [1.29, 1.82) is 0 Å². The Labute approximate surface area is 203 Å². The van der Waals surface area contributed by atoms with Crippen LogP contribution in [0.5, 0.6) is 0 Å². The maximum Gasteiger partial charge on any atom is 0.243 e. The minimum absolute atomic E-state index is 0.0264. The number of carbonyl (C=O) groups is 1. The lowest BCUT2D eigenvalue weighted by atomic mass is 10.1. The Kier molecular flexibility index (Phi) is 8.20. The number of halogens is 3. The van der Waals surface area contributed by atoms with Crippen LogP contribution in [-0.4, -0.2) is 25.2 Å². The van der Waals surface area contributed by atoms with E-state index in [2.05, 4.69) is 5.32 Å². The van der Waals surface area contributed by atoms with Crippen molar-refractivity contribution in [1.82, 2.24) is 9.62 Å². The van der Waals surface area contributed by atoms with E-state index in [0.717, 1.165) is 15.4 Å². The van der Waals surface area contributed by atoms with Crippen molar-refractivity contribution in [3.05, 3.63) is 98.5 Å². The molecule has 0 unspecified atom stereocenters.